The van der Waals surface area contributed by atoms with E-state index in [0.29, 0.717) is 30.5 Å². The van der Waals surface area contributed by atoms with Crippen LogP contribution in [0.3, 0.4) is 0 Å². The molecule has 0 radical (unpaired) electrons. The average Bonchev–Trinajstić information content (AvgIpc) is 3.37. The van der Waals surface area contributed by atoms with E-state index in [-0.39, 0.29) is 18.9 Å². The zero-order valence-corrected chi connectivity index (χ0v) is 22.0. The molecule has 0 saturated carbocycles. The Labute approximate surface area is 223 Å². The van der Waals surface area contributed by atoms with E-state index in [1.165, 1.54) is 0 Å². The van der Waals surface area contributed by atoms with Crippen LogP contribution in [-0.4, -0.2) is 95.9 Å². The number of benzene rings is 2. The van der Waals surface area contributed by atoms with Crippen molar-refractivity contribution in [3.63, 3.8) is 0 Å². The predicted molar refractivity (Wildman–Crippen MR) is 144 cm³/mol. The summed E-state index contributed by atoms with van der Waals surface area (Å²) in [5.74, 6) is 0.820. The molecule has 1 unspecified atom stereocenters. The molecule has 5 rings (SSSR count). The van der Waals surface area contributed by atoms with E-state index < -0.39 is 5.60 Å². The first kappa shape index (κ1) is 25.7. The number of H-pyrrole nitrogens is 1. The second-order valence-electron chi connectivity index (χ2n) is 9.98. The predicted octanol–water partition coefficient (Wildman–Crippen LogP) is 3.54. The van der Waals surface area contributed by atoms with Crippen LogP contribution in [-0.2, 0) is 16.1 Å². The molecule has 0 bridgehead atoms. The quantitative estimate of drug-likeness (QED) is 0.487. The summed E-state index contributed by atoms with van der Waals surface area (Å²) < 4.78 is 12.6. The third kappa shape index (κ3) is 6.51. The zero-order chi connectivity index (χ0) is 25.7. The molecule has 37 heavy (non-hydrogen) atoms. The van der Waals surface area contributed by atoms with Crippen LogP contribution in [0.4, 0.5) is 0 Å². The van der Waals surface area contributed by atoms with E-state index in [1.54, 1.807) is 12.1 Å². The Morgan fingerprint density at radius 3 is 2.59 bits per heavy atom. The number of rotatable bonds is 8. The minimum absolute atomic E-state index is 0.114. The maximum absolute atomic E-state index is 13.4. The number of nitrogens with zero attached hydrogens (tertiary/aromatic N) is 4. The van der Waals surface area contributed by atoms with Crippen molar-refractivity contribution < 1.29 is 14.3 Å². The Bertz CT molecular complexity index is 1160. The minimum atomic E-state index is -0.755. The summed E-state index contributed by atoms with van der Waals surface area (Å²) in [7, 11) is 2.09. The zero-order valence-electron chi connectivity index (χ0n) is 21.2. The molecule has 9 heteroatoms. The Hall–Kier alpha value is -2.91. The van der Waals surface area contributed by atoms with E-state index in [1.807, 2.05) is 41.4 Å². The molecule has 2 aliphatic heterocycles. The number of halogens is 1. The van der Waals surface area contributed by atoms with Gasteiger partial charge in [0.1, 0.15) is 18.0 Å². The van der Waals surface area contributed by atoms with Crippen LogP contribution in [0.5, 0.6) is 5.75 Å². The van der Waals surface area contributed by atoms with Gasteiger partial charge in [-0.05, 0) is 36.9 Å². The van der Waals surface area contributed by atoms with Gasteiger partial charge in [-0.2, -0.15) is 5.10 Å². The fraction of sp³-hybridized carbons (Fsp3) is 0.429. The summed E-state index contributed by atoms with van der Waals surface area (Å²) in [6, 6.07) is 17.5. The van der Waals surface area contributed by atoms with Gasteiger partial charge >= 0.3 is 0 Å². The van der Waals surface area contributed by atoms with Crippen LogP contribution in [0.2, 0.25) is 5.02 Å². The van der Waals surface area contributed by atoms with Gasteiger partial charge in [0, 0.05) is 56.4 Å². The molecule has 3 aromatic rings. The lowest BCUT2D eigenvalue weighted by molar-refractivity contribution is -0.157. The Balaban J connectivity index is 1.32. The van der Waals surface area contributed by atoms with E-state index in [9.17, 15) is 4.79 Å². The Morgan fingerprint density at radius 1 is 1.08 bits per heavy atom. The molecule has 1 atom stereocenters. The first-order valence-electron chi connectivity index (χ1n) is 12.8. The topological polar surface area (TPSA) is 73.9 Å². The number of aromatic nitrogens is 2. The van der Waals surface area contributed by atoms with Crippen molar-refractivity contribution in [2.45, 2.75) is 18.6 Å². The maximum atomic E-state index is 13.4. The fourth-order valence-corrected chi connectivity index (χ4v) is 5.15. The van der Waals surface area contributed by atoms with Crippen LogP contribution < -0.4 is 4.74 Å². The number of nitrogens with one attached hydrogen (secondary N) is 1. The molecule has 3 heterocycles. The van der Waals surface area contributed by atoms with Crippen LogP contribution in [0.25, 0.3) is 11.3 Å². The summed E-state index contributed by atoms with van der Waals surface area (Å²) in [6.07, 6.45) is 2.16. The smallest absolute Gasteiger partial charge is 0.225 e. The van der Waals surface area contributed by atoms with Gasteiger partial charge < -0.3 is 19.3 Å². The van der Waals surface area contributed by atoms with Gasteiger partial charge in [-0.3, -0.25) is 14.8 Å². The number of carbonyl (C=O) groups excluding carboxylic acids is 1. The third-order valence-electron chi connectivity index (χ3n) is 7.15. The summed E-state index contributed by atoms with van der Waals surface area (Å²) >= 11 is 6.05. The number of amides is 1. The summed E-state index contributed by atoms with van der Waals surface area (Å²) in [5.41, 5.74) is 2.48. The molecule has 196 valence electrons. The highest BCUT2D eigenvalue weighted by Gasteiger charge is 2.41. The normalized spacial score (nSPS) is 21.2. The molecule has 8 nitrogen and oxygen atoms in total. The number of ether oxygens (including phenoxy) is 2. The van der Waals surface area contributed by atoms with E-state index in [4.69, 9.17) is 21.1 Å². The van der Waals surface area contributed by atoms with Crippen molar-refractivity contribution in [2.24, 2.45) is 0 Å². The maximum Gasteiger partial charge on any atom is 0.225 e. The molecule has 2 aromatic carbocycles. The van der Waals surface area contributed by atoms with Crippen molar-refractivity contribution in [1.29, 1.82) is 0 Å². The lowest BCUT2D eigenvalue weighted by atomic mass is 9.96. The van der Waals surface area contributed by atoms with Gasteiger partial charge in [0.15, 0.2) is 0 Å². The van der Waals surface area contributed by atoms with Gasteiger partial charge in [-0.1, -0.05) is 41.9 Å². The number of hydrogen-bond acceptors (Lipinski definition) is 6. The summed E-state index contributed by atoms with van der Waals surface area (Å²) in [6.45, 7) is 6.11. The Kier molecular flexibility index (Phi) is 8.10. The van der Waals surface area contributed by atoms with E-state index >= 15 is 0 Å². The number of carbonyl (C=O) groups is 1. The number of aromatic amines is 1. The lowest BCUT2D eigenvalue weighted by Gasteiger charge is -2.43. The summed E-state index contributed by atoms with van der Waals surface area (Å²) in [4.78, 5) is 20.0. The van der Waals surface area contributed by atoms with Crippen LogP contribution in [0.1, 0.15) is 12.0 Å². The largest absolute Gasteiger partial charge is 0.491 e. The molecule has 2 saturated heterocycles. The van der Waals surface area contributed by atoms with Crippen LogP contribution >= 0.6 is 11.6 Å². The molecule has 1 amide bonds. The standard InChI is InChI=1S/C28H34ClN5O3/c1-32-11-13-34(14-12-32)26(35)17-28(21-36-25-9-7-24(29)8-10-25)20-33(15-16-37-28)19-23-18-30-31-27(23)22-5-3-2-4-6-22/h2-10,18H,11-17,19-21H2,1H3,(H,30,31). The first-order chi connectivity index (χ1) is 18.0. The van der Waals surface area contributed by atoms with Crippen molar-refractivity contribution in [2.75, 3.05) is 59.5 Å². The van der Waals surface area contributed by atoms with Gasteiger partial charge in [0.25, 0.3) is 0 Å². The van der Waals surface area contributed by atoms with Crippen molar-refractivity contribution in [1.82, 2.24) is 24.9 Å². The number of hydrogen-bond donors (Lipinski definition) is 1. The second kappa shape index (κ2) is 11.6. The molecular formula is C28H34ClN5O3. The first-order valence-corrected chi connectivity index (χ1v) is 13.2. The minimum Gasteiger partial charge on any atom is -0.491 e. The van der Waals surface area contributed by atoms with Crippen LogP contribution in [0, 0.1) is 0 Å². The van der Waals surface area contributed by atoms with E-state index in [0.717, 1.165) is 49.5 Å². The fourth-order valence-electron chi connectivity index (χ4n) is 5.02. The highest BCUT2D eigenvalue weighted by molar-refractivity contribution is 6.30. The van der Waals surface area contributed by atoms with Crippen LogP contribution in [0.15, 0.2) is 60.8 Å². The number of morpholine rings is 1. The SMILES string of the molecule is CN1CCN(C(=O)CC2(COc3ccc(Cl)cc3)CN(Cc3cn[nH]c3-c3ccccc3)CCO2)CC1. The lowest BCUT2D eigenvalue weighted by Crippen LogP contribution is -2.58. The summed E-state index contributed by atoms with van der Waals surface area (Å²) in [5, 5.41) is 8.12. The van der Waals surface area contributed by atoms with Gasteiger partial charge in [0.05, 0.1) is 24.9 Å². The van der Waals surface area contributed by atoms with Crippen molar-refractivity contribution in [3.05, 3.63) is 71.4 Å². The molecule has 0 spiro atoms. The van der Waals surface area contributed by atoms with Gasteiger partial charge in [-0.25, -0.2) is 0 Å². The second-order valence-corrected chi connectivity index (χ2v) is 10.4. The monoisotopic (exact) mass is 523 g/mol. The van der Waals surface area contributed by atoms with Crippen molar-refractivity contribution >= 4 is 17.5 Å². The molecular weight excluding hydrogens is 490 g/mol. The number of likely N-dealkylation sites (N-methyl/N-ethyl adjacent to an activating group) is 1. The van der Waals surface area contributed by atoms with Crippen molar-refractivity contribution in [3.8, 4) is 17.0 Å². The van der Waals surface area contributed by atoms with Gasteiger partial charge in [0.2, 0.25) is 5.91 Å². The number of piperazine rings is 1. The molecule has 1 N–H and O–H groups in total. The molecule has 2 fully saturated rings. The molecule has 2 aliphatic rings. The Morgan fingerprint density at radius 2 is 1.84 bits per heavy atom. The highest BCUT2D eigenvalue weighted by Crippen LogP contribution is 2.29. The average molecular weight is 524 g/mol. The third-order valence-corrected chi connectivity index (χ3v) is 7.40. The van der Waals surface area contributed by atoms with Gasteiger partial charge in [-0.15, -0.1) is 0 Å². The van der Waals surface area contributed by atoms with E-state index in [2.05, 4.69) is 39.2 Å². The molecule has 0 aliphatic carbocycles. The molecule has 1 aromatic heterocycles. The highest BCUT2D eigenvalue weighted by atomic mass is 35.5.